The van der Waals surface area contributed by atoms with Crippen LogP contribution in [0.25, 0.3) is 0 Å². The van der Waals surface area contributed by atoms with E-state index in [2.05, 4.69) is 83.9 Å². The number of phosphoric ester groups is 2. The minimum absolute atomic E-state index is 0.0472. The van der Waals surface area contributed by atoms with E-state index in [-0.39, 0.29) is 25.1 Å². The molecule has 21 heteroatoms. The fourth-order valence-corrected chi connectivity index (χ4v) is 8.68. The molecule has 1 aromatic rings. The van der Waals surface area contributed by atoms with Crippen LogP contribution in [0.15, 0.2) is 163 Å². The molecule has 0 spiro atoms. The number of rotatable bonds is 40. The number of hydrogen-bond acceptors (Lipinski definition) is 16. The van der Waals surface area contributed by atoms with Crippen molar-refractivity contribution in [3.8, 4) is 0 Å². The molecule has 0 bridgehead atoms. The smallest absolute Gasteiger partial charge is 0.462 e. The highest BCUT2D eigenvalue weighted by atomic mass is 31.3. The van der Waals surface area contributed by atoms with E-state index in [4.69, 9.17) is 29.0 Å². The van der Waals surface area contributed by atoms with Crippen molar-refractivity contribution >= 4 is 33.4 Å². The Morgan fingerprint density at radius 2 is 1.16 bits per heavy atom. The molecule has 1 fully saturated rings. The molecule has 1 saturated heterocycles. The Morgan fingerprint density at radius 1 is 0.675 bits per heavy atom. The lowest BCUT2D eigenvalue weighted by atomic mass is 10.1. The Hall–Kier alpha value is -5.40. The van der Waals surface area contributed by atoms with Crippen molar-refractivity contribution in [3.05, 3.63) is 169 Å². The Balaban J connectivity index is 1.88. The second-order valence-corrected chi connectivity index (χ2v) is 20.1. The number of carbonyl (C=O) groups is 2. The van der Waals surface area contributed by atoms with Gasteiger partial charge in [-0.2, -0.15) is 9.29 Å². The van der Waals surface area contributed by atoms with Gasteiger partial charge in [-0.05, 0) is 89.5 Å². The molecule has 0 saturated carbocycles. The van der Waals surface area contributed by atoms with Gasteiger partial charge in [-0.3, -0.25) is 23.2 Å². The number of nitrogens with zero attached hydrogens (tertiary/aromatic N) is 2. The number of aliphatic hydroxyl groups is 3. The first-order chi connectivity index (χ1) is 37.1. The van der Waals surface area contributed by atoms with Gasteiger partial charge in [0.2, 0.25) is 0 Å². The molecular weight excluding hydrogens is 1030 g/mol. The van der Waals surface area contributed by atoms with Crippen LogP contribution in [0.1, 0.15) is 116 Å². The maximum atomic E-state index is 12.9. The molecule has 3 unspecified atom stereocenters. The number of aromatic nitrogens is 2. The summed E-state index contributed by atoms with van der Waals surface area (Å²) in [4.78, 5) is 61.9. The standard InChI is InChI=1S/C56H81N3O16P2/c1-3-5-7-9-11-12-13-14-15-16-17-18-19-20-21-26-29-33-37-41-52(62)73-48(44-70-51(61)40-36-32-28-25-23-22-24-27-31-35-39-47(60)38-34-30-10-8-6-4-2)45-71-76(66,67)75-77(68,69)72-46-49-53(63)54(64)55(74-49)59-43-42-50(57)58-56(59)65/h5-8,11-12,14-15,17-18,20-23,27-35,39,42-43,47-49,53-55,60,63-64H,3-4,9-10,13,16,19,24-26,36-38,40-41,44-46H2,1-2H3,(H,66,67)(H,68,69)(H2,57,58,65)/b7-5-,8-6-,12-11-,15-14-,18-17-,21-20-,23-22-,31-27-,32-28-,33-29-,34-30-,39-35+/t47?,48-,49-,53-,54-,55-/m1/s1. The fraction of sp³-hybridized carbons (Fsp3) is 0.464. The predicted octanol–water partition coefficient (Wildman–Crippen LogP) is 10.1. The predicted molar refractivity (Wildman–Crippen MR) is 299 cm³/mol. The molecule has 1 aliphatic rings. The van der Waals surface area contributed by atoms with Crippen molar-refractivity contribution in [1.82, 2.24) is 9.55 Å². The third-order valence-electron chi connectivity index (χ3n) is 10.5. The third-order valence-corrected chi connectivity index (χ3v) is 13.1. The van der Waals surface area contributed by atoms with E-state index < -0.39 is 89.8 Å². The number of allylic oxidation sites excluding steroid dienone is 22. The van der Waals surface area contributed by atoms with Crippen molar-refractivity contribution in [3.63, 3.8) is 0 Å². The van der Waals surface area contributed by atoms with Crippen molar-refractivity contribution in [2.24, 2.45) is 0 Å². The Bertz CT molecular complexity index is 2380. The summed E-state index contributed by atoms with van der Waals surface area (Å²) in [6.45, 7) is 1.69. The maximum Gasteiger partial charge on any atom is 0.481 e. The van der Waals surface area contributed by atoms with E-state index >= 15 is 0 Å². The highest BCUT2D eigenvalue weighted by Crippen LogP contribution is 2.60. The molecule has 77 heavy (non-hydrogen) atoms. The number of carbonyl (C=O) groups excluding carboxylic acids is 2. The number of phosphoric acid groups is 2. The molecule has 2 rings (SSSR count). The summed E-state index contributed by atoms with van der Waals surface area (Å²) in [5.74, 6) is -1.55. The molecule has 8 atom stereocenters. The van der Waals surface area contributed by atoms with Gasteiger partial charge in [-0.1, -0.05) is 160 Å². The van der Waals surface area contributed by atoms with Crippen LogP contribution >= 0.6 is 15.6 Å². The monoisotopic (exact) mass is 1110 g/mol. The molecule has 1 aromatic heterocycles. The summed E-state index contributed by atoms with van der Waals surface area (Å²) >= 11 is 0. The van der Waals surface area contributed by atoms with Crippen LogP contribution in [-0.4, -0.2) is 96.9 Å². The quantitative estimate of drug-likeness (QED) is 0.0154. The second kappa shape index (κ2) is 41.7. The average Bonchev–Trinajstić information content (AvgIpc) is 3.67. The first kappa shape index (κ1) is 67.7. The molecule has 2 heterocycles. The van der Waals surface area contributed by atoms with E-state index in [1.165, 1.54) is 6.07 Å². The molecule has 7 N–H and O–H groups in total. The largest absolute Gasteiger partial charge is 0.481 e. The van der Waals surface area contributed by atoms with Crippen molar-refractivity contribution < 1.29 is 71.4 Å². The van der Waals surface area contributed by atoms with Crippen LogP contribution in [0.4, 0.5) is 5.82 Å². The topological polar surface area (TPSA) is 286 Å². The number of anilines is 1. The van der Waals surface area contributed by atoms with Crippen LogP contribution in [0.2, 0.25) is 0 Å². The number of hydrogen-bond donors (Lipinski definition) is 6. The van der Waals surface area contributed by atoms with E-state index in [1.54, 1.807) is 18.2 Å². The van der Waals surface area contributed by atoms with Gasteiger partial charge in [0.25, 0.3) is 0 Å². The second-order valence-electron chi connectivity index (χ2n) is 17.1. The highest BCUT2D eigenvalue weighted by molar-refractivity contribution is 7.61. The summed E-state index contributed by atoms with van der Waals surface area (Å²) in [6, 6.07) is 1.23. The zero-order chi connectivity index (χ0) is 56.4. The number of nitrogens with two attached hydrogens (primary N) is 1. The molecule has 0 aliphatic carbocycles. The van der Waals surface area contributed by atoms with E-state index in [1.807, 2.05) is 66.8 Å². The molecule has 426 valence electrons. The first-order valence-corrected chi connectivity index (χ1v) is 28.9. The molecule has 0 radical (unpaired) electrons. The lowest BCUT2D eigenvalue weighted by molar-refractivity contribution is -0.161. The Morgan fingerprint density at radius 3 is 1.69 bits per heavy atom. The molecule has 1 aliphatic heterocycles. The van der Waals surface area contributed by atoms with E-state index in [9.17, 15) is 48.6 Å². The first-order valence-electron chi connectivity index (χ1n) is 26.0. The zero-order valence-corrected chi connectivity index (χ0v) is 46.1. The van der Waals surface area contributed by atoms with Gasteiger partial charge >= 0.3 is 33.3 Å². The van der Waals surface area contributed by atoms with Crippen LogP contribution in [0, 0.1) is 0 Å². The van der Waals surface area contributed by atoms with E-state index in [0.29, 0.717) is 32.1 Å². The summed E-state index contributed by atoms with van der Waals surface area (Å²) in [5.41, 5.74) is 4.57. The number of esters is 2. The summed E-state index contributed by atoms with van der Waals surface area (Å²) < 4.78 is 56.6. The van der Waals surface area contributed by atoms with Crippen LogP contribution in [0.3, 0.4) is 0 Å². The van der Waals surface area contributed by atoms with Crippen molar-refractivity contribution in [2.45, 2.75) is 147 Å². The number of ether oxygens (including phenoxy) is 3. The van der Waals surface area contributed by atoms with E-state index in [0.717, 1.165) is 55.7 Å². The Labute approximate surface area is 453 Å². The lowest BCUT2D eigenvalue weighted by Gasteiger charge is -2.21. The van der Waals surface area contributed by atoms with Gasteiger partial charge in [-0.15, -0.1) is 0 Å². The third kappa shape index (κ3) is 34.2. The summed E-state index contributed by atoms with van der Waals surface area (Å²) in [6.07, 6.45) is 49.8. The van der Waals surface area contributed by atoms with Gasteiger partial charge in [0, 0.05) is 19.0 Å². The minimum atomic E-state index is -5.48. The van der Waals surface area contributed by atoms with Crippen molar-refractivity contribution in [1.29, 1.82) is 0 Å². The van der Waals surface area contributed by atoms with Gasteiger partial charge in [0.05, 0.1) is 19.3 Å². The van der Waals surface area contributed by atoms with Gasteiger partial charge in [0.1, 0.15) is 30.7 Å². The Kier molecular flexibility index (Phi) is 36.6. The summed E-state index contributed by atoms with van der Waals surface area (Å²) in [7, 11) is -11.0. The van der Waals surface area contributed by atoms with Gasteiger partial charge < -0.3 is 45.1 Å². The average molecular weight is 1110 g/mol. The zero-order valence-electron chi connectivity index (χ0n) is 44.3. The van der Waals surface area contributed by atoms with Crippen LogP contribution in [-0.2, 0) is 46.3 Å². The summed E-state index contributed by atoms with van der Waals surface area (Å²) in [5, 5.41) is 31.0. The fourth-order valence-electron chi connectivity index (χ4n) is 6.56. The maximum absolute atomic E-state index is 12.9. The molecule has 0 aromatic carbocycles. The molecule has 0 amide bonds. The number of nitrogen functional groups attached to an aromatic ring is 1. The lowest BCUT2D eigenvalue weighted by Crippen LogP contribution is -2.36. The SMILES string of the molecule is CC/C=C\C/C=C\C/C=C\C/C=C\C/C=C\C/C=C\CCC(=O)O[C@H](COC(=O)CC/C=C\C/C=C\C/C=C\C=C\C(O)C/C=C\C/C=C\CC)COP(=O)(O)OP(=O)(O)OC[C@H]1O[C@@H](n2ccc(N)nc2=O)[C@H](O)[C@@H]1O. The van der Waals surface area contributed by atoms with Crippen LogP contribution < -0.4 is 11.4 Å². The normalized spacial score (nSPS) is 20.2. The minimum Gasteiger partial charge on any atom is -0.462 e. The molecular formula is C56H81N3O16P2. The van der Waals surface area contributed by atoms with Crippen LogP contribution in [0.5, 0.6) is 0 Å². The van der Waals surface area contributed by atoms with Gasteiger partial charge in [0.15, 0.2) is 12.3 Å². The van der Waals surface area contributed by atoms with Gasteiger partial charge in [-0.25, -0.2) is 13.9 Å². The number of aliphatic hydroxyl groups excluding tert-OH is 3. The highest BCUT2D eigenvalue weighted by Gasteiger charge is 2.46. The molecule has 19 nitrogen and oxygen atoms in total. The van der Waals surface area contributed by atoms with Crippen molar-refractivity contribution in [2.75, 3.05) is 25.6 Å².